The van der Waals surface area contributed by atoms with Gasteiger partial charge in [-0.2, -0.15) is 0 Å². The third-order valence-corrected chi connectivity index (χ3v) is 4.26. The summed E-state index contributed by atoms with van der Waals surface area (Å²) in [7, 11) is 0. The molecule has 0 radical (unpaired) electrons. The second-order valence-electron chi connectivity index (χ2n) is 5.77. The summed E-state index contributed by atoms with van der Waals surface area (Å²) < 4.78 is 0. The van der Waals surface area contributed by atoms with E-state index in [9.17, 15) is 0 Å². The molecule has 0 amide bonds. The number of hydrogen-bond acceptors (Lipinski definition) is 1. The zero-order valence-electron chi connectivity index (χ0n) is 10.3. The fourth-order valence-electron chi connectivity index (χ4n) is 2.84. The number of rotatable bonds is 4. The van der Waals surface area contributed by atoms with Crippen molar-refractivity contribution in [3.63, 3.8) is 0 Å². The third-order valence-electron chi connectivity index (χ3n) is 4.26. The molecule has 1 heteroatoms. The Morgan fingerprint density at radius 1 is 0.933 bits per heavy atom. The zero-order valence-corrected chi connectivity index (χ0v) is 10.3. The molecule has 88 valence electrons. The van der Waals surface area contributed by atoms with Crippen LogP contribution in [0.5, 0.6) is 0 Å². The Hall–Kier alpha value is -0.0400. The van der Waals surface area contributed by atoms with E-state index in [1.54, 1.807) is 0 Å². The topological polar surface area (TPSA) is 12.0 Å². The van der Waals surface area contributed by atoms with Gasteiger partial charge in [-0.3, -0.25) is 0 Å². The molecular weight excluding hydrogens is 182 g/mol. The lowest BCUT2D eigenvalue weighted by Gasteiger charge is -2.23. The molecule has 0 aliphatic heterocycles. The second-order valence-corrected chi connectivity index (χ2v) is 5.77. The van der Waals surface area contributed by atoms with E-state index >= 15 is 0 Å². The van der Waals surface area contributed by atoms with Gasteiger partial charge in [-0.05, 0) is 44.1 Å². The van der Waals surface area contributed by atoms with Crippen LogP contribution in [-0.2, 0) is 0 Å². The van der Waals surface area contributed by atoms with Crippen LogP contribution in [0.1, 0.15) is 64.7 Å². The van der Waals surface area contributed by atoms with Crippen LogP contribution >= 0.6 is 0 Å². The standard InChI is InChI=1S/C14H27N/c1-12(13-9-10-13)11-15-14-7-5-3-2-4-6-8-14/h12-15H,2-11H2,1H3. The quantitative estimate of drug-likeness (QED) is 0.744. The molecule has 15 heavy (non-hydrogen) atoms. The van der Waals surface area contributed by atoms with Crippen molar-refractivity contribution < 1.29 is 0 Å². The molecule has 0 aromatic carbocycles. The molecule has 2 fully saturated rings. The Kier molecular flexibility index (Phi) is 4.49. The van der Waals surface area contributed by atoms with Gasteiger partial charge in [0.05, 0.1) is 0 Å². The minimum Gasteiger partial charge on any atom is -0.314 e. The van der Waals surface area contributed by atoms with Crippen LogP contribution in [0.25, 0.3) is 0 Å². The highest BCUT2D eigenvalue weighted by atomic mass is 14.9. The molecule has 1 N–H and O–H groups in total. The first kappa shape index (κ1) is 11.4. The Balaban J connectivity index is 1.62. The predicted molar refractivity (Wildman–Crippen MR) is 66.0 cm³/mol. The minimum absolute atomic E-state index is 0.839. The molecule has 0 saturated heterocycles. The van der Waals surface area contributed by atoms with Crippen molar-refractivity contribution >= 4 is 0 Å². The molecule has 2 rings (SSSR count). The van der Waals surface area contributed by atoms with E-state index in [1.807, 2.05) is 0 Å². The molecule has 0 heterocycles. The first-order valence-electron chi connectivity index (χ1n) is 7.09. The summed E-state index contributed by atoms with van der Waals surface area (Å²) >= 11 is 0. The molecule has 0 spiro atoms. The summed E-state index contributed by atoms with van der Waals surface area (Å²) in [6.07, 6.45) is 13.2. The summed E-state index contributed by atoms with van der Waals surface area (Å²) in [5.41, 5.74) is 0. The highest BCUT2D eigenvalue weighted by molar-refractivity contribution is 4.81. The summed E-state index contributed by atoms with van der Waals surface area (Å²) in [5, 5.41) is 3.81. The molecule has 2 saturated carbocycles. The maximum atomic E-state index is 3.81. The van der Waals surface area contributed by atoms with Gasteiger partial charge in [0.1, 0.15) is 0 Å². The maximum absolute atomic E-state index is 3.81. The van der Waals surface area contributed by atoms with E-state index in [0.717, 1.165) is 17.9 Å². The van der Waals surface area contributed by atoms with Gasteiger partial charge in [0, 0.05) is 6.04 Å². The molecule has 0 bridgehead atoms. The molecule has 0 aromatic rings. The fraction of sp³-hybridized carbons (Fsp3) is 1.00. The van der Waals surface area contributed by atoms with Crippen molar-refractivity contribution in [2.75, 3.05) is 6.54 Å². The summed E-state index contributed by atoms with van der Waals surface area (Å²) in [6.45, 7) is 3.70. The average molecular weight is 209 g/mol. The summed E-state index contributed by atoms with van der Waals surface area (Å²) in [6, 6.07) is 0.839. The van der Waals surface area contributed by atoms with Crippen molar-refractivity contribution in [3.05, 3.63) is 0 Å². The van der Waals surface area contributed by atoms with Gasteiger partial charge >= 0.3 is 0 Å². The van der Waals surface area contributed by atoms with Crippen LogP contribution in [-0.4, -0.2) is 12.6 Å². The number of nitrogens with one attached hydrogen (secondary N) is 1. The second kappa shape index (κ2) is 5.89. The average Bonchev–Trinajstić information content (AvgIpc) is 2.98. The largest absolute Gasteiger partial charge is 0.314 e. The Labute approximate surface area is 95.0 Å². The molecule has 2 aliphatic rings. The monoisotopic (exact) mass is 209 g/mol. The lowest BCUT2D eigenvalue weighted by Crippen LogP contribution is -2.33. The molecule has 2 aliphatic carbocycles. The van der Waals surface area contributed by atoms with E-state index in [-0.39, 0.29) is 0 Å². The molecule has 1 unspecified atom stereocenters. The van der Waals surface area contributed by atoms with E-state index < -0.39 is 0 Å². The molecule has 0 aromatic heterocycles. The lowest BCUT2D eigenvalue weighted by atomic mass is 9.96. The number of hydrogen-bond donors (Lipinski definition) is 1. The summed E-state index contributed by atoms with van der Waals surface area (Å²) in [5.74, 6) is 1.99. The van der Waals surface area contributed by atoms with Crippen molar-refractivity contribution in [1.29, 1.82) is 0 Å². The highest BCUT2D eigenvalue weighted by Crippen LogP contribution is 2.36. The smallest absolute Gasteiger partial charge is 0.00671 e. The van der Waals surface area contributed by atoms with Crippen LogP contribution in [0.3, 0.4) is 0 Å². The molecule has 1 nitrogen and oxygen atoms in total. The van der Waals surface area contributed by atoms with Crippen molar-refractivity contribution in [3.8, 4) is 0 Å². The highest BCUT2D eigenvalue weighted by Gasteiger charge is 2.27. The minimum atomic E-state index is 0.839. The maximum Gasteiger partial charge on any atom is 0.00671 e. The SMILES string of the molecule is CC(CNC1CCCCCCC1)C1CC1. The normalized spacial score (nSPS) is 27.0. The van der Waals surface area contributed by atoms with Gasteiger partial charge < -0.3 is 5.32 Å². The molecular formula is C14H27N. The molecule has 1 atom stereocenters. The van der Waals surface area contributed by atoms with Crippen LogP contribution < -0.4 is 5.32 Å². The van der Waals surface area contributed by atoms with Gasteiger partial charge in [-0.25, -0.2) is 0 Å². The Bertz CT molecular complexity index is 166. The summed E-state index contributed by atoms with van der Waals surface area (Å²) in [4.78, 5) is 0. The van der Waals surface area contributed by atoms with Gasteiger partial charge in [0.2, 0.25) is 0 Å². The van der Waals surface area contributed by atoms with Crippen molar-refractivity contribution in [1.82, 2.24) is 5.32 Å². The van der Waals surface area contributed by atoms with Gasteiger partial charge in [-0.1, -0.05) is 39.0 Å². The Morgan fingerprint density at radius 3 is 2.13 bits per heavy atom. The van der Waals surface area contributed by atoms with Gasteiger partial charge in [0.15, 0.2) is 0 Å². The van der Waals surface area contributed by atoms with Crippen LogP contribution in [0.15, 0.2) is 0 Å². The van der Waals surface area contributed by atoms with Gasteiger partial charge in [-0.15, -0.1) is 0 Å². The van der Waals surface area contributed by atoms with E-state index in [4.69, 9.17) is 0 Å². The fourth-order valence-corrected chi connectivity index (χ4v) is 2.84. The van der Waals surface area contributed by atoms with Crippen molar-refractivity contribution in [2.24, 2.45) is 11.8 Å². The van der Waals surface area contributed by atoms with E-state index in [1.165, 1.54) is 64.3 Å². The van der Waals surface area contributed by atoms with E-state index in [0.29, 0.717) is 0 Å². The van der Waals surface area contributed by atoms with Crippen LogP contribution in [0.4, 0.5) is 0 Å². The lowest BCUT2D eigenvalue weighted by molar-refractivity contribution is 0.355. The van der Waals surface area contributed by atoms with Crippen molar-refractivity contribution in [2.45, 2.75) is 70.8 Å². The van der Waals surface area contributed by atoms with Crippen LogP contribution in [0.2, 0.25) is 0 Å². The van der Waals surface area contributed by atoms with E-state index in [2.05, 4.69) is 12.2 Å². The third kappa shape index (κ3) is 4.14. The zero-order chi connectivity index (χ0) is 10.5. The van der Waals surface area contributed by atoms with Crippen LogP contribution in [0, 0.1) is 11.8 Å². The predicted octanol–water partition coefficient (Wildman–Crippen LogP) is 3.74. The van der Waals surface area contributed by atoms with Gasteiger partial charge in [0.25, 0.3) is 0 Å². The first-order valence-corrected chi connectivity index (χ1v) is 7.09. The Morgan fingerprint density at radius 2 is 1.53 bits per heavy atom. The first-order chi connectivity index (χ1) is 7.36.